The fraction of sp³-hybridized carbons (Fsp3) is 0.0541. The maximum atomic E-state index is 5.19. The number of nitrogens with zero attached hydrogens (tertiary/aromatic N) is 1. The van der Waals surface area contributed by atoms with Gasteiger partial charge in [-0.25, -0.2) is 4.99 Å². The van der Waals surface area contributed by atoms with Crippen LogP contribution in [0.5, 0.6) is 0 Å². The van der Waals surface area contributed by atoms with E-state index in [1.165, 1.54) is 60.9 Å². The highest BCUT2D eigenvalue weighted by Crippen LogP contribution is 2.43. The Morgan fingerprint density at radius 3 is 1.82 bits per heavy atom. The molecule has 0 aromatic heterocycles. The topological polar surface area (TPSA) is 24.4 Å². The Hall–Kier alpha value is -4.95. The van der Waals surface area contributed by atoms with Crippen LogP contribution in [0, 0.1) is 6.92 Å². The average Bonchev–Trinajstić information content (AvgIpc) is 3.30. The van der Waals surface area contributed by atoms with E-state index in [2.05, 4.69) is 140 Å². The second kappa shape index (κ2) is 8.54. The Kier molecular flexibility index (Phi) is 4.83. The van der Waals surface area contributed by atoms with Crippen molar-refractivity contribution in [3.8, 4) is 22.3 Å². The van der Waals surface area contributed by atoms with E-state index in [0.717, 1.165) is 17.1 Å². The van der Waals surface area contributed by atoms with Gasteiger partial charge < -0.3 is 5.32 Å². The van der Waals surface area contributed by atoms with Gasteiger partial charge in [-0.1, -0.05) is 127 Å². The van der Waals surface area contributed by atoms with Gasteiger partial charge in [0.2, 0.25) is 0 Å². The third kappa shape index (κ3) is 3.60. The molecule has 0 radical (unpaired) electrons. The smallest absolute Gasteiger partial charge is 0.0950 e. The second-order valence-electron chi connectivity index (χ2n) is 10.6. The maximum absolute atomic E-state index is 5.19. The molecule has 0 bridgehead atoms. The van der Waals surface area contributed by atoms with Crippen LogP contribution >= 0.6 is 0 Å². The van der Waals surface area contributed by atoms with E-state index in [1.807, 2.05) is 0 Å². The van der Waals surface area contributed by atoms with Gasteiger partial charge in [0.05, 0.1) is 23.1 Å². The molecule has 1 atom stereocenters. The summed E-state index contributed by atoms with van der Waals surface area (Å²) >= 11 is 0. The fourth-order valence-corrected chi connectivity index (χ4v) is 6.01. The Labute approximate surface area is 228 Å². The van der Waals surface area contributed by atoms with Crippen LogP contribution in [0.1, 0.15) is 22.3 Å². The predicted molar refractivity (Wildman–Crippen MR) is 164 cm³/mol. The first-order chi connectivity index (χ1) is 19.2. The van der Waals surface area contributed by atoms with Crippen molar-refractivity contribution in [2.75, 3.05) is 0 Å². The molecule has 0 fully saturated rings. The second-order valence-corrected chi connectivity index (χ2v) is 10.6. The minimum absolute atomic E-state index is 0.0865. The lowest BCUT2D eigenvalue weighted by atomic mass is 9.93. The predicted octanol–water partition coefficient (Wildman–Crippen LogP) is 8.69. The van der Waals surface area contributed by atoms with Crippen molar-refractivity contribution >= 4 is 33.5 Å². The normalized spacial score (nSPS) is 16.9. The number of aliphatic imine (C=N–C) groups is 1. The zero-order chi connectivity index (χ0) is 25.9. The summed E-state index contributed by atoms with van der Waals surface area (Å²) < 4.78 is 0. The minimum atomic E-state index is 0.0865. The summed E-state index contributed by atoms with van der Waals surface area (Å²) in [6.07, 6.45) is 6.69. The molecule has 2 heteroatoms. The molecule has 0 spiro atoms. The first-order valence-electron chi connectivity index (χ1n) is 13.5. The Balaban J connectivity index is 1.08. The molecule has 5 aromatic carbocycles. The largest absolute Gasteiger partial charge is 0.371 e. The number of rotatable bonds is 3. The van der Waals surface area contributed by atoms with Gasteiger partial charge in [0.25, 0.3) is 0 Å². The lowest BCUT2D eigenvalue weighted by Gasteiger charge is -2.26. The number of fused-ring (bicyclic) bond motifs is 3. The number of hydrogen-bond donors (Lipinski definition) is 1. The van der Waals surface area contributed by atoms with Crippen LogP contribution in [0.4, 0.5) is 0 Å². The fourth-order valence-electron chi connectivity index (χ4n) is 6.01. The van der Waals surface area contributed by atoms with Gasteiger partial charge in [-0.05, 0) is 51.8 Å². The zero-order valence-electron chi connectivity index (χ0n) is 21.6. The van der Waals surface area contributed by atoms with E-state index in [0.29, 0.717) is 0 Å². The summed E-state index contributed by atoms with van der Waals surface area (Å²) in [6, 6.07) is 39.5. The highest BCUT2D eigenvalue weighted by molar-refractivity contribution is 6.20. The van der Waals surface area contributed by atoms with Gasteiger partial charge >= 0.3 is 0 Å². The van der Waals surface area contributed by atoms with Crippen molar-refractivity contribution < 1.29 is 0 Å². The van der Waals surface area contributed by atoms with Crippen molar-refractivity contribution in [1.29, 1.82) is 0 Å². The van der Waals surface area contributed by atoms with Crippen molar-refractivity contribution in [2.45, 2.75) is 13.0 Å². The van der Waals surface area contributed by atoms with Crippen LogP contribution in [-0.2, 0) is 0 Å². The first kappa shape index (κ1) is 22.1. The Bertz CT molecular complexity index is 1890. The quantitative estimate of drug-likeness (QED) is 0.264. The number of allylic oxidation sites excluding steroid dienone is 2. The lowest BCUT2D eigenvalue weighted by Crippen LogP contribution is -2.36. The highest BCUT2D eigenvalue weighted by atomic mass is 15.0. The average molecular weight is 499 g/mol. The molecule has 184 valence electrons. The van der Waals surface area contributed by atoms with Gasteiger partial charge in [0.15, 0.2) is 0 Å². The summed E-state index contributed by atoms with van der Waals surface area (Å²) in [7, 11) is 0. The van der Waals surface area contributed by atoms with Gasteiger partial charge in [0, 0.05) is 16.5 Å². The third-order valence-electron chi connectivity index (χ3n) is 8.12. The summed E-state index contributed by atoms with van der Waals surface area (Å²) in [6.45, 7) is 2.12. The van der Waals surface area contributed by atoms with E-state index in [-0.39, 0.29) is 6.04 Å². The standard InChI is InChI=1S/C37H26N2/c1-23-8-10-24(11-9-23)25-12-14-26(15-13-25)27-16-18-28(19-17-27)30-20-21-33-34(22-30)39-37-32-7-3-5-29-4-2-6-31(35(29)32)36(37)38-33/h2-22,33,38H,1H3. The first-order valence-corrected chi connectivity index (χ1v) is 13.5. The Morgan fingerprint density at radius 2 is 1.18 bits per heavy atom. The molecule has 0 saturated heterocycles. The molecule has 1 aliphatic heterocycles. The number of aryl methyl sites for hydroxylation is 1. The molecule has 1 heterocycles. The van der Waals surface area contributed by atoms with E-state index in [9.17, 15) is 0 Å². The molecule has 8 rings (SSSR count). The zero-order valence-corrected chi connectivity index (χ0v) is 21.6. The molecule has 5 aromatic rings. The lowest BCUT2D eigenvalue weighted by molar-refractivity contribution is 0.887. The summed E-state index contributed by atoms with van der Waals surface area (Å²) in [5.41, 5.74) is 14.3. The van der Waals surface area contributed by atoms with Gasteiger partial charge in [-0.15, -0.1) is 0 Å². The number of benzene rings is 5. The van der Waals surface area contributed by atoms with E-state index < -0.39 is 0 Å². The van der Waals surface area contributed by atoms with E-state index in [1.54, 1.807) is 0 Å². The molecule has 2 nitrogen and oxygen atoms in total. The van der Waals surface area contributed by atoms with Gasteiger partial charge in [0.1, 0.15) is 0 Å². The molecule has 0 amide bonds. The number of hydrogen-bond acceptors (Lipinski definition) is 2. The molecular formula is C37H26N2. The molecule has 39 heavy (non-hydrogen) atoms. The monoisotopic (exact) mass is 498 g/mol. The maximum Gasteiger partial charge on any atom is 0.0950 e. The molecule has 2 aliphatic carbocycles. The molecular weight excluding hydrogens is 472 g/mol. The van der Waals surface area contributed by atoms with Crippen molar-refractivity contribution in [3.05, 3.63) is 150 Å². The molecule has 1 unspecified atom stereocenters. The summed E-state index contributed by atoms with van der Waals surface area (Å²) in [5, 5.41) is 6.33. The summed E-state index contributed by atoms with van der Waals surface area (Å²) in [5.74, 6) is 0. The molecule has 3 aliphatic rings. The SMILES string of the molecule is Cc1ccc(-c2ccc(-c3ccc(C4=CC5=NC6=C(NC5C=C4)c4cccc5cccc6c45)cc3)cc2)cc1. The third-order valence-corrected chi connectivity index (χ3v) is 8.12. The number of nitrogens with one attached hydrogen (secondary N) is 1. The van der Waals surface area contributed by atoms with Gasteiger partial charge in [-0.3, -0.25) is 0 Å². The van der Waals surface area contributed by atoms with Crippen LogP contribution in [0.2, 0.25) is 0 Å². The van der Waals surface area contributed by atoms with Gasteiger partial charge in [-0.2, -0.15) is 0 Å². The molecule has 0 saturated carbocycles. The van der Waals surface area contributed by atoms with E-state index >= 15 is 0 Å². The van der Waals surface area contributed by atoms with Crippen LogP contribution in [0.3, 0.4) is 0 Å². The van der Waals surface area contributed by atoms with Crippen LogP contribution in [0.15, 0.2) is 132 Å². The summed E-state index contributed by atoms with van der Waals surface area (Å²) in [4.78, 5) is 5.19. The van der Waals surface area contributed by atoms with E-state index in [4.69, 9.17) is 4.99 Å². The van der Waals surface area contributed by atoms with Crippen molar-refractivity contribution in [2.24, 2.45) is 4.99 Å². The van der Waals surface area contributed by atoms with Crippen molar-refractivity contribution in [1.82, 2.24) is 5.32 Å². The van der Waals surface area contributed by atoms with Crippen LogP contribution in [0.25, 0.3) is 50.0 Å². The highest BCUT2D eigenvalue weighted by Gasteiger charge is 2.31. The van der Waals surface area contributed by atoms with Crippen LogP contribution < -0.4 is 5.32 Å². The Morgan fingerprint density at radius 1 is 0.615 bits per heavy atom. The molecule has 1 N–H and O–H groups in total. The van der Waals surface area contributed by atoms with Crippen LogP contribution in [-0.4, -0.2) is 11.8 Å². The minimum Gasteiger partial charge on any atom is -0.371 e. The van der Waals surface area contributed by atoms with Crippen molar-refractivity contribution in [3.63, 3.8) is 0 Å².